The smallest absolute Gasteiger partial charge is 0.287 e. The molecule has 7 nitrogen and oxygen atoms in total. The predicted octanol–water partition coefficient (Wildman–Crippen LogP) is -1.04. The van der Waals surface area contributed by atoms with Crippen molar-refractivity contribution in [3.05, 3.63) is 21.6 Å². The Morgan fingerprint density at radius 1 is 1.63 bits per heavy atom. The molecule has 1 amide bonds. The molecule has 1 aromatic rings. The molecule has 0 radical (unpaired) electrons. The Balaban J connectivity index is 2.41. The first-order valence-corrected chi connectivity index (χ1v) is 6.34. The standard InChI is InChI=1S/C11H16ClN5O2/c1-13-10(18)8-5-14-3-4-17(8)7-6-15-16(2)11(19)9(7)12/h6,8,14H,3-5H2,1-2H3,(H,13,18). The maximum Gasteiger partial charge on any atom is 0.287 e. The third kappa shape index (κ3) is 2.57. The van der Waals surface area contributed by atoms with Crippen molar-refractivity contribution in [3.8, 4) is 0 Å². The first-order chi connectivity index (χ1) is 9.06. The highest BCUT2D eigenvalue weighted by Gasteiger charge is 2.30. The van der Waals surface area contributed by atoms with Gasteiger partial charge in [-0.1, -0.05) is 11.6 Å². The van der Waals surface area contributed by atoms with Gasteiger partial charge in [-0.25, -0.2) is 4.68 Å². The van der Waals surface area contributed by atoms with Crippen molar-refractivity contribution < 1.29 is 4.79 Å². The molecule has 2 N–H and O–H groups in total. The van der Waals surface area contributed by atoms with Gasteiger partial charge in [0, 0.05) is 33.7 Å². The number of rotatable bonds is 2. The third-order valence-electron chi connectivity index (χ3n) is 3.16. The summed E-state index contributed by atoms with van der Waals surface area (Å²) in [6.07, 6.45) is 1.52. The summed E-state index contributed by atoms with van der Waals surface area (Å²) < 4.78 is 1.17. The average Bonchev–Trinajstić information content (AvgIpc) is 2.44. The highest BCUT2D eigenvalue weighted by Crippen LogP contribution is 2.23. The lowest BCUT2D eigenvalue weighted by Crippen LogP contribution is -2.58. The number of anilines is 1. The summed E-state index contributed by atoms with van der Waals surface area (Å²) in [6, 6.07) is -0.398. The van der Waals surface area contributed by atoms with Crippen LogP contribution in [-0.4, -0.2) is 48.4 Å². The van der Waals surface area contributed by atoms with E-state index < -0.39 is 6.04 Å². The Hall–Kier alpha value is -1.60. The zero-order valence-corrected chi connectivity index (χ0v) is 11.6. The maximum absolute atomic E-state index is 11.9. The summed E-state index contributed by atoms with van der Waals surface area (Å²) >= 11 is 6.08. The molecule has 8 heteroatoms. The van der Waals surface area contributed by atoms with Gasteiger partial charge >= 0.3 is 0 Å². The lowest BCUT2D eigenvalue weighted by Gasteiger charge is -2.36. The van der Waals surface area contributed by atoms with Gasteiger partial charge in [-0.2, -0.15) is 5.10 Å². The predicted molar refractivity (Wildman–Crippen MR) is 72.6 cm³/mol. The van der Waals surface area contributed by atoms with Crippen LogP contribution in [0.15, 0.2) is 11.0 Å². The van der Waals surface area contributed by atoms with E-state index in [0.717, 1.165) is 6.54 Å². The van der Waals surface area contributed by atoms with Crippen molar-refractivity contribution in [1.82, 2.24) is 20.4 Å². The number of halogens is 1. The van der Waals surface area contributed by atoms with Gasteiger partial charge < -0.3 is 15.5 Å². The van der Waals surface area contributed by atoms with Crippen molar-refractivity contribution in [2.45, 2.75) is 6.04 Å². The second-order valence-corrected chi connectivity index (χ2v) is 4.68. The van der Waals surface area contributed by atoms with Gasteiger partial charge in [-0.15, -0.1) is 0 Å². The summed E-state index contributed by atoms with van der Waals surface area (Å²) in [5, 5.41) is 9.81. The molecule has 1 fully saturated rings. The van der Waals surface area contributed by atoms with E-state index in [0.29, 0.717) is 18.8 Å². The molecule has 2 heterocycles. The van der Waals surface area contributed by atoms with Crippen LogP contribution in [0.1, 0.15) is 0 Å². The van der Waals surface area contributed by atoms with E-state index in [2.05, 4.69) is 15.7 Å². The van der Waals surface area contributed by atoms with Gasteiger partial charge in [-0.05, 0) is 0 Å². The lowest BCUT2D eigenvalue weighted by atomic mass is 10.1. The fourth-order valence-corrected chi connectivity index (χ4v) is 2.38. The van der Waals surface area contributed by atoms with Crippen LogP contribution >= 0.6 is 11.6 Å². The molecule has 1 saturated heterocycles. The molecule has 19 heavy (non-hydrogen) atoms. The molecular weight excluding hydrogens is 270 g/mol. The molecule has 104 valence electrons. The molecule has 2 rings (SSSR count). The van der Waals surface area contributed by atoms with E-state index in [9.17, 15) is 9.59 Å². The quantitative estimate of drug-likeness (QED) is 0.725. The summed E-state index contributed by atoms with van der Waals surface area (Å²) in [5.74, 6) is -0.121. The Bertz CT molecular complexity index is 544. The van der Waals surface area contributed by atoms with Crippen LogP contribution in [-0.2, 0) is 11.8 Å². The number of hydrogen-bond donors (Lipinski definition) is 2. The average molecular weight is 286 g/mol. The van der Waals surface area contributed by atoms with Gasteiger partial charge in [0.25, 0.3) is 5.56 Å². The monoisotopic (exact) mass is 285 g/mol. The van der Waals surface area contributed by atoms with Crippen molar-refractivity contribution in [2.75, 3.05) is 31.6 Å². The van der Waals surface area contributed by atoms with E-state index >= 15 is 0 Å². The first kappa shape index (κ1) is 13.8. The number of nitrogens with zero attached hydrogens (tertiary/aromatic N) is 3. The number of piperazine rings is 1. The minimum Gasteiger partial charge on any atom is -0.357 e. The number of likely N-dealkylation sites (N-methyl/N-ethyl adjacent to an activating group) is 1. The molecule has 1 aliphatic rings. The molecule has 0 bridgehead atoms. The Morgan fingerprint density at radius 2 is 2.37 bits per heavy atom. The van der Waals surface area contributed by atoms with Crippen LogP contribution in [0, 0.1) is 0 Å². The number of hydrogen-bond acceptors (Lipinski definition) is 5. The van der Waals surface area contributed by atoms with E-state index in [1.165, 1.54) is 17.9 Å². The summed E-state index contributed by atoms with van der Waals surface area (Å²) in [4.78, 5) is 25.5. The Kier molecular flexibility index (Phi) is 4.06. The van der Waals surface area contributed by atoms with Crippen LogP contribution in [0.3, 0.4) is 0 Å². The summed E-state index contributed by atoms with van der Waals surface area (Å²) in [5.41, 5.74) is 0.133. The van der Waals surface area contributed by atoms with Crippen LogP contribution in [0.2, 0.25) is 5.02 Å². The number of carbonyl (C=O) groups is 1. The first-order valence-electron chi connectivity index (χ1n) is 5.97. The topological polar surface area (TPSA) is 79.3 Å². The van der Waals surface area contributed by atoms with Gasteiger partial charge in [0.15, 0.2) is 0 Å². The molecule has 0 aliphatic carbocycles. The van der Waals surface area contributed by atoms with Crippen molar-refractivity contribution >= 4 is 23.2 Å². The van der Waals surface area contributed by atoms with Crippen molar-refractivity contribution in [1.29, 1.82) is 0 Å². The summed E-state index contributed by atoms with van der Waals surface area (Å²) in [7, 11) is 3.12. The highest BCUT2D eigenvalue weighted by molar-refractivity contribution is 6.33. The second kappa shape index (κ2) is 5.58. The fraction of sp³-hybridized carbons (Fsp3) is 0.545. The number of aryl methyl sites for hydroxylation is 1. The zero-order chi connectivity index (χ0) is 14.0. The lowest BCUT2D eigenvalue weighted by molar-refractivity contribution is -0.122. The highest BCUT2D eigenvalue weighted by atomic mass is 35.5. The molecule has 1 unspecified atom stereocenters. The van der Waals surface area contributed by atoms with Crippen molar-refractivity contribution in [2.24, 2.45) is 7.05 Å². The SMILES string of the molecule is CNC(=O)C1CNCCN1c1cnn(C)c(=O)c1Cl. The molecule has 0 spiro atoms. The van der Waals surface area contributed by atoms with E-state index in [1.54, 1.807) is 7.05 Å². The number of nitrogens with one attached hydrogen (secondary N) is 2. The van der Waals surface area contributed by atoms with Gasteiger partial charge in [0.2, 0.25) is 5.91 Å². The number of carbonyl (C=O) groups excluding carboxylic acids is 1. The number of amides is 1. The van der Waals surface area contributed by atoms with Gasteiger partial charge in [0.05, 0.1) is 11.9 Å². The van der Waals surface area contributed by atoms with Crippen LogP contribution in [0.5, 0.6) is 0 Å². The van der Waals surface area contributed by atoms with E-state index in [-0.39, 0.29) is 16.5 Å². The van der Waals surface area contributed by atoms with E-state index in [1.807, 2.05) is 4.90 Å². The van der Waals surface area contributed by atoms with Crippen LogP contribution < -0.4 is 21.1 Å². The molecule has 1 aliphatic heterocycles. The van der Waals surface area contributed by atoms with Gasteiger partial charge in [-0.3, -0.25) is 9.59 Å². The number of aromatic nitrogens is 2. The van der Waals surface area contributed by atoms with Gasteiger partial charge in [0.1, 0.15) is 11.1 Å². The molecule has 1 atom stereocenters. The van der Waals surface area contributed by atoms with Crippen LogP contribution in [0.25, 0.3) is 0 Å². The van der Waals surface area contributed by atoms with E-state index in [4.69, 9.17) is 11.6 Å². The zero-order valence-electron chi connectivity index (χ0n) is 10.8. The maximum atomic E-state index is 11.9. The van der Waals surface area contributed by atoms with Crippen molar-refractivity contribution in [3.63, 3.8) is 0 Å². The molecule has 0 saturated carbocycles. The molecule has 1 aromatic heterocycles. The second-order valence-electron chi connectivity index (χ2n) is 4.30. The summed E-state index contributed by atoms with van der Waals surface area (Å²) in [6.45, 7) is 1.82. The largest absolute Gasteiger partial charge is 0.357 e. The normalized spacial score (nSPS) is 19.3. The molecule has 0 aromatic carbocycles. The third-order valence-corrected chi connectivity index (χ3v) is 3.52. The molecular formula is C11H16ClN5O2. The minimum absolute atomic E-state index is 0.0910. The minimum atomic E-state index is -0.398. The van der Waals surface area contributed by atoms with Crippen LogP contribution in [0.4, 0.5) is 5.69 Å². The fourth-order valence-electron chi connectivity index (χ4n) is 2.10. The Labute approximate surface area is 115 Å². The Morgan fingerprint density at radius 3 is 3.05 bits per heavy atom.